The predicted molar refractivity (Wildman–Crippen MR) is 332 cm³/mol. The van der Waals surface area contributed by atoms with Crippen LogP contribution in [0.25, 0.3) is 0 Å². The second kappa shape index (κ2) is 32.8. The maximum atomic E-state index is 17.4. The maximum absolute atomic E-state index is 17.4. The Morgan fingerprint density at radius 2 is 0.697 bits per heavy atom. The van der Waals surface area contributed by atoms with Crippen molar-refractivity contribution in [2.75, 3.05) is 19.8 Å². The largest absolute Gasteiger partial charge is 0.445 e. The van der Waals surface area contributed by atoms with Crippen molar-refractivity contribution in [2.24, 2.45) is 0 Å². The summed E-state index contributed by atoms with van der Waals surface area (Å²) in [6.45, 7) is 2.70. The quantitative estimate of drug-likeness (QED) is 0.0441. The van der Waals surface area contributed by atoms with E-state index in [4.69, 9.17) is 56.8 Å². The van der Waals surface area contributed by atoms with Crippen LogP contribution in [0.1, 0.15) is 51.4 Å². The highest BCUT2D eigenvalue weighted by Crippen LogP contribution is 2.39. The molecule has 3 aliphatic heterocycles. The van der Waals surface area contributed by atoms with Crippen molar-refractivity contribution in [2.45, 2.75) is 140 Å². The van der Waals surface area contributed by atoms with Gasteiger partial charge in [-0.3, -0.25) is 4.90 Å². The SMILES string of the molecule is C[C@H]1O[C@H](O[C@H]2[C@H](OCc3ccccc3)[C@@H](OCc3ccccc3)[C@@H](O[C@H]3[C@H](F)CN(C(=O)OCc4ccccc4)[C@@H]3COCc3ccccc3)O[C@@H]2COCc2ccccc2)[C@H](OCc2ccccc2)[C@@H](OCc2ccccc2)[C@@H]1OCc1ccccc1. The van der Waals surface area contributed by atoms with Crippen molar-refractivity contribution >= 4 is 6.09 Å². The van der Waals surface area contributed by atoms with Crippen LogP contribution in [0.2, 0.25) is 0 Å². The van der Waals surface area contributed by atoms with Gasteiger partial charge in [0.15, 0.2) is 12.6 Å². The monoisotopic (exact) mass is 1210 g/mol. The molecule has 89 heavy (non-hydrogen) atoms. The van der Waals surface area contributed by atoms with Gasteiger partial charge >= 0.3 is 6.09 Å². The Kier molecular flexibility index (Phi) is 23.3. The predicted octanol–water partition coefficient (Wildman–Crippen LogP) is 12.9. The zero-order valence-electron chi connectivity index (χ0n) is 50.0. The van der Waals surface area contributed by atoms with Crippen LogP contribution in [-0.2, 0) is 110 Å². The third kappa shape index (κ3) is 17.9. The van der Waals surface area contributed by atoms with E-state index in [1.54, 1.807) is 0 Å². The second-order valence-electron chi connectivity index (χ2n) is 22.5. The van der Waals surface area contributed by atoms with E-state index in [2.05, 4.69) is 0 Å². The van der Waals surface area contributed by atoms with E-state index in [1.807, 2.05) is 250 Å². The van der Waals surface area contributed by atoms with E-state index < -0.39 is 85.8 Å². The summed E-state index contributed by atoms with van der Waals surface area (Å²) in [6.07, 6.45) is -13.5. The highest BCUT2D eigenvalue weighted by atomic mass is 19.1. The van der Waals surface area contributed by atoms with Gasteiger partial charge < -0.3 is 56.8 Å². The van der Waals surface area contributed by atoms with Crippen LogP contribution >= 0.6 is 0 Å². The number of carbonyl (C=O) groups is 1. The van der Waals surface area contributed by atoms with Crippen molar-refractivity contribution in [3.8, 4) is 0 Å². The number of halogens is 1. The molecule has 11 rings (SSSR count). The Labute approximate surface area is 521 Å². The number of carbonyl (C=O) groups excluding carboxylic acids is 1. The molecule has 0 aromatic heterocycles. The van der Waals surface area contributed by atoms with Crippen molar-refractivity contribution < 1.29 is 66.0 Å². The standard InChI is InChI=1S/C74H78FNO13/c1-53-65(80-45-56-30-14-4-15-31-56)68(81-46-57-32-16-5-17-33-57)70(83-48-59-36-20-7-21-37-59)72(86-53)89-67-64(52-79-44-55-28-12-3-13-29-55)87-73(71(84-49-60-38-22-8-23-39-60)69(67)82-47-58-34-18-6-19-35-58)88-66-62(75)42-76(74(77)85-50-61-40-24-9-25-41-61)63(66)51-78-43-54-26-10-2-11-27-54/h2-41,53,62-73H,42-52H2,1H3/t53-,62-,63-,64-,65-,66+,67-,68+,69+,70-,71-,72-,73-/m1/s1. The molecule has 464 valence electrons. The summed E-state index contributed by atoms with van der Waals surface area (Å²) in [5.74, 6) is 0. The number of rotatable bonds is 29. The molecule has 8 aromatic carbocycles. The fraction of sp³-hybridized carbons (Fsp3) is 0.338. The molecule has 1 amide bonds. The molecule has 0 bridgehead atoms. The molecule has 0 spiro atoms. The summed E-state index contributed by atoms with van der Waals surface area (Å²) in [4.78, 5) is 15.6. The summed E-state index contributed by atoms with van der Waals surface area (Å²) in [5, 5.41) is 0. The topological polar surface area (TPSA) is 131 Å². The minimum absolute atomic E-state index is 0.0211. The molecule has 3 saturated heterocycles. The number of nitrogens with zero attached hydrogens (tertiary/aromatic N) is 1. The zero-order chi connectivity index (χ0) is 60.8. The molecule has 3 fully saturated rings. The van der Waals surface area contributed by atoms with Crippen LogP contribution in [0, 0.1) is 0 Å². The lowest BCUT2D eigenvalue weighted by atomic mass is 9.96. The lowest BCUT2D eigenvalue weighted by Gasteiger charge is -2.50. The molecular formula is C74H78FNO13. The van der Waals surface area contributed by atoms with Crippen molar-refractivity contribution in [3.05, 3.63) is 287 Å². The molecule has 8 aromatic rings. The molecule has 0 unspecified atom stereocenters. The number of likely N-dealkylation sites (tertiary alicyclic amines) is 1. The molecule has 3 heterocycles. The molecule has 0 radical (unpaired) electrons. The van der Waals surface area contributed by atoms with Crippen LogP contribution in [-0.4, -0.2) is 110 Å². The molecule has 0 saturated carbocycles. The van der Waals surface area contributed by atoms with Crippen LogP contribution in [0.3, 0.4) is 0 Å². The Morgan fingerprint density at radius 3 is 1.10 bits per heavy atom. The van der Waals surface area contributed by atoms with Gasteiger partial charge in [-0.25, -0.2) is 9.18 Å². The summed E-state index contributed by atoms with van der Waals surface area (Å²) in [7, 11) is 0. The number of hydrogen-bond donors (Lipinski definition) is 0. The van der Waals surface area contributed by atoms with E-state index in [9.17, 15) is 4.79 Å². The average molecular weight is 1210 g/mol. The Balaban J connectivity index is 0.972. The maximum Gasteiger partial charge on any atom is 0.410 e. The van der Waals surface area contributed by atoms with Crippen LogP contribution in [0.5, 0.6) is 0 Å². The summed E-state index contributed by atoms with van der Waals surface area (Å²) in [5.41, 5.74) is 7.19. The van der Waals surface area contributed by atoms with Gasteiger partial charge in [0.2, 0.25) is 0 Å². The second-order valence-corrected chi connectivity index (χ2v) is 22.5. The van der Waals surface area contributed by atoms with Crippen LogP contribution < -0.4 is 0 Å². The first kappa shape index (κ1) is 63.1. The summed E-state index contributed by atoms with van der Waals surface area (Å²) in [6, 6.07) is 77.2. The third-order valence-corrected chi connectivity index (χ3v) is 16.1. The number of hydrogen-bond acceptors (Lipinski definition) is 13. The van der Waals surface area contributed by atoms with Gasteiger partial charge in [-0.1, -0.05) is 243 Å². The Hall–Kier alpha value is -7.48. The highest BCUT2D eigenvalue weighted by molar-refractivity contribution is 5.69. The van der Waals surface area contributed by atoms with Gasteiger partial charge in [0.25, 0.3) is 0 Å². The molecule has 15 heteroatoms. The Bertz CT molecular complexity index is 3280. The van der Waals surface area contributed by atoms with E-state index in [-0.39, 0.29) is 72.6 Å². The van der Waals surface area contributed by atoms with E-state index >= 15 is 4.39 Å². The fourth-order valence-corrected chi connectivity index (χ4v) is 11.4. The van der Waals surface area contributed by atoms with Crippen molar-refractivity contribution in [3.63, 3.8) is 0 Å². The van der Waals surface area contributed by atoms with Crippen molar-refractivity contribution in [1.82, 2.24) is 4.90 Å². The first-order valence-electron chi connectivity index (χ1n) is 30.6. The first-order valence-corrected chi connectivity index (χ1v) is 30.6. The number of amides is 1. The lowest BCUT2D eigenvalue weighted by Crippen LogP contribution is -2.66. The van der Waals surface area contributed by atoms with Crippen LogP contribution in [0.15, 0.2) is 243 Å². The van der Waals surface area contributed by atoms with E-state index in [0.717, 1.165) is 44.5 Å². The summed E-state index contributed by atoms with van der Waals surface area (Å²) >= 11 is 0. The molecule has 13 atom stereocenters. The normalized spacial score (nSPS) is 25.1. The van der Waals surface area contributed by atoms with Gasteiger partial charge in [-0.2, -0.15) is 0 Å². The van der Waals surface area contributed by atoms with Gasteiger partial charge in [-0.15, -0.1) is 0 Å². The third-order valence-electron chi connectivity index (χ3n) is 16.1. The fourth-order valence-electron chi connectivity index (χ4n) is 11.4. The summed E-state index contributed by atoms with van der Waals surface area (Å²) < 4.78 is 101. The number of alkyl halides is 1. The smallest absolute Gasteiger partial charge is 0.410 e. The van der Waals surface area contributed by atoms with E-state index in [1.165, 1.54) is 4.90 Å². The minimum atomic E-state index is -1.72. The zero-order valence-corrected chi connectivity index (χ0v) is 50.0. The molecule has 3 aliphatic rings. The minimum Gasteiger partial charge on any atom is -0.445 e. The van der Waals surface area contributed by atoms with Gasteiger partial charge in [-0.05, 0) is 51.4 Å². The molecular weight excluding hydrogens is 1130 g/mol. The number of ether oxygens (including phenoxy) is 12. The lowest BCUT2D eigenvalue weighted by molar-refractivity contribution is -0.378. The average Bonchev–Trinajstić information content (AvgIpc) is 2.49. The van der Waals surface area contributed by atoms with Gasteiger partial charge in [0.1, 0.15) is 61.6 Å². The van der Waals surface area contributed by atoms with Crippen LogP contribution in [0.4, 0.5) is 9.18 Å². The molecule has 0 aliphatic carbocycles. The van der Waals surface area contributed by atoms with Crippen molar-refractivity contribution in [1.29, 1.82) is 0 Å². The van der Waals surface area contributed by atoms with E-state index in [0.29, 0.717) is 0 Å². The molecule has 0 N–H and O–H groups in total. The molecule has 14 nitrogen and oxygen atoms in total. The highest BCUT2D eigenvalue weighted by Gasteiger charge is 2.56. The van der Waals surface area contributed by atoms with Gasteiger partial charge in [0, 0.05) is 0 Å². The van der Waals surface area contributed by atoms with Gasteiger partial charge in [0.05, 0.1) is 78.2 Å². The Morgan fingerprint density at radius 1 is 0.382 bits per heavy atom. The first-order chi connectivity index (χ1) is 43.9. The number of benzene rings is 8.